The van der Waals surface area contributed by atoms with E-state index in [0.717, 1.165) is 0 Å². The van der Waals surface area contributed by atoms with Crippen LogP contribution >= 0.6 is 0 Å². The number of carboxylic acid groups (broad SMARTS) is 1. The number of fused-ring (bicyclic) bond motifs is 1. The molecule has 0 saturated heterocycles. The number of nitrogens with two attached hydrogens (primary N) is 1. The minimum Gasteiger partial charge on any atom is -0.493 e. The highest BCUT2D eigenvalue weighted by Gasteiger charge is 2.17. The fourth-order valence-corrected chi connectivity index (χ4v) is 3.01. The summed E-state index contributed by atoms with van der Waals surface area (Å²) in [7, 11) is 1.58. The van der Waals surface area contributed by atoms with Gasteiger partial charge in [-0.15, -0.1) is 0 Å². The Labute approximate surface area is 176 Å². The minimum absolute atomic E-state index is 0.0619. The van der Waals surface area contributed by atoms with Gasteiger partial charge in [0.1, 0.15) is 22.7 Å². The van der Waals surface area contributed by atoms with Crippen LogP contribution in [0.2, 0.25) is 0 Å². The Bertz CT molecular complexity index is 1210. The molecule has 2 aromatic carbocycles. The van der Waals surface area contributed by atoms with E-state index in [4.69, 9.17) is 10.5 Å². The van der Waals surface area contributed by atoms with E-state index in [1.165, 1.54) is 36.4 Å². The van der Waals surface area contributed by atoms with Gasteiger partial charge in [0, 0.05) is 24.2 Å². The van der Waals surface area contributed by atoms with Crippen molar-refractivity contribution in [3.8, 4) is 5.75 Å². The van der Waals surface area contributed by atoms with Crippen LogP contribution in [0.25, 0.3) is 10.9 Å². The second-order valence-corrected chi connectivity index (χ2v) is 6.64. The molecule has 31 heavy (non-hydrogen) atoms. The molecular weight excluding hydrogens is 407 g/mol. The van der Waals surface area contributed by atoms with Crippen LogP contribution < -0.4 is 26.7 Å². The number of halogens is 1. The standard InChI is InChI=1S/C21H21FN4O5/c1-24-16-9-12(22)7-11-8-15(20(28)26-18(11)16)19(27)25-13-3-4-14(21(29)30)17(10-13)31-6-2-5-23/h3-4,7-10,24H,2,5-6,23H2,1H3,(H,25,27)(H,26,28)(H,29,30). The fourth-order valence-electron chi connectivity index (χ4n) is 3.01. The highest BCUT2D eigenvalue weighted by molar-refractivity contribution is 6.06. The number of aromatic amines is 1. The first-order valence-corrected chi connectivity index (χ1v) is 9.40. The molecule has 1 aromatic heterocycles. The van der Waals surface area contributed by atoms with E-state index in [2.05, 4.69) is 15.6 Å². The molecule has 0 aliphatic carbocycles. The van der Waals surface area contributed by atoms with E-state index in [9.17, 15) is 23.9 Å². The lowest BCUT2D eigenvalue weighted by Gasteiger charge is -2.12. The summed E-state index contributed by atoms with van der Waals surface area (Å²) >= 11 is 0. The summed E-state index contributed by atoms with van der Waals surface area (Å²) in [5.41, 5.74) is 5.43. The van der Waals surface area contributed by atoms with Crippen molar-refractivity contribution in [2.24, 2.45) is 5.73 Å². The Morgan fingerprint density at radius 3 is 2.65 bits per heavy atom. The summed E-state index contributed by atoms with van der Waals surface area (Å²) in [4.78, 5) is 39.1. The molecule has 0 spiro atoms. The zero-order valence-electron chi connectivity index (χ0n) is 16.6. The van der Waals surface area contributed by atoms with Gasteiger partial charge in [-0.3, -0.25) is 9.59 Å². The SMILES string of the molecule is CNc1cc(F)cc2cc(C(=O)Nc3ccc(C(=O)O)c(OCCCN)c3)c(=O)[nH]c12. The Balaban J connectivity index is 1.93. The van der Waals surface area contributed by atoms with Crippen LogP contribution in [0.1, 0.15) is 27.1 Å². The van der Waals surface area contributed by atoms with E-state index in [1.54, 1.807) is 7.05 Å². The largest absolute Gasteiger partial charge is 0.493 e. The highest BCUT2D eigenvalue weighted by Crippen LogP contribution is 2.25. The number of aromatic carboxylic acids is 1. The molecule has 1 amide bonds. The van der Waals surface area contributed by atoms with Gasteiger partial charge in [0.05, 0.1) is 17.8 Å². The number of hydrogen-bond donors (Lipinski definition) is 5. The Morgan fingerprint density at radius 2 is 1.97 bits per heavy atom. The first-order chi connectivity index (χ1) is 14.8. The zero-order chi connectivity index (χ0) is 22.5. The van der Waals surface area contributed by atoms with Crippen molar-refractivity contribution in [3.63, 3.8) is 0 Å². The molecule has 3 rings (SSSR count). The van der Waals surface area contributed by atoms with Gasteiger partial charge < -0.3 is 31.2 Å². The molecule has 0 aliphatic heterocycles. The maximum Gasteiger partial charge on any atom is 0.339 e. The molecule has 1 heterocycles. The van der Waals surface area contributed by atoms with Crippen LogP contribution in [0.5, 0.6) is 5.75 Å². The van der Waals surface area contributed by atoms with Crippen molar-refractivity contribution < 1.29 is 23.8 Å². The molecule has 9 nitrogen and oxygen atoms in total. The number of hydrogen-bond acceptors (Lipinski definition) is 6. The molecule has 0 unspecified atom stereocenters. The van der Waals surface area contributed by atoms with Crippen molar-refractivity contribution in [2.75, 3.05) is 30.8 Å². The molecule has 6 N–H and O–H groups in total. The maximum absolute atomic E-state index is 13.8. The molecule has 0 radical (unpaired) electrons. The fraction of sp³-hybridized carbons (Fsp3) is 0.190. The number of carbonyl (C=O) groups is 2. The smallest absolute Gasteiger partial charge is 0.339 e. The lowest BCUT2D eigenvalue weighted by atomic mass is 10.1. The number of H-pyrrole nitrogens is 1. The summed E-state index contributed by atoms with van der Waals surface area (Å²) < 4.78 is 19.3. The summed E-state index contributed by atoms with van der Waals surface area (Å²) in [5.74, 6) is -2.39. The van der Waals surface area contributed by atoms with Crippen LogP contribution in [0.4, 0.5) is 15.8 Å². The van der Waals surface area contributed by atoms with Gasteiger partial charge in [0.15, 0.2) is 0 Å². The van der Waals surface area contributed by atoms with Crippen LogP contribution in [0.3, 0.4) is 0 Å². The van der Waals surface area contributed by atoms with Gasteiger partial charge in [-0.25, -0.2) is 9.18 Å². The van der Waals surface area contributed by atoms with E-state index in [0.29, 0.717) is 29.6 Å². The zero-order valence-corrected chi connectivity index (χ0v) is 16.6. The molecule has 0 saturated carbocycles. The summed E-state index contributed by atoms with van der Waals surface area (Å²) in [6.07, 6.45) is 0.521. The Hall–Kier alpha value is -3.92. The van der Waals surface area contributed by atoms with Gasteiger partial charge in [0.25, 0.3) is 11.5 Å². The summed E-state index contributed by atoms with van der Waals surface area (Å²) in [6.45, 7) is 0.581. The number of carbonyl (C=O) groups excluding carboxylic acids is 1. The Kier molecular flexibility index (Phi) is 6.51. The first-order valence-electron chi connectivity index (χ1n) is 9.40. The number of benzene rings is 2. The minimum atomic E-state index is -1.19. The highest BCUT2D eigenvalue weighted by atomic mass is 19.1. The monoisotopic (exact) mass is 428 g/mol. The van der Waals surface area contributed by atoms with Gasteiger partial charge in [-0.05, 0) is 43.3 Å². The number of ether oxygens (including phenoxy) is 1. The average Bonchev–Trinajstić information content (AvgIpc) is 2.73. The summed E-state index contributed by atoms with van der Waals surface area (Å²) in [5, 5.41) is 15.0. The maximum atomic E-state index is 13.8. The predicted molar refractivity (Wildman–Crippen MR) is 115 cm³/mol. The molecule has 162 valence electrons. The van der Waals surface area contributed by atoms with Crippen LogP contribution in [-0.4, -0.2) is 42.2 Å². The average molecular weight is 428 g/mol. The number of anilines is 2. The normalized spacial score (nSPS) is 10.7. The lowest BCUT2D eigenvalue weighted by Crippen LogP contribution is -2.23. The van der Waals surface area contributed by atoms with Crippen molar-refractivity contribution >= 4 is 34.2 Å². The first kappa shape index (κ1) is 21.8. The third-order valence-electron chi connectivity index (χ3n) is 4.51. The quantitative estimate of drug-likeness (QED) is 0.346. The van der Waals surface area contributed by atoms with Gasteiger partial charge in [0.2, 0.25) is 0 Å². The van der Waals surface area contributed by atoms with Gasteiger partial charge >= 0.3 is 5.97 Å². The lowest BCUT2D eigenvalue weighted by molar-refractivity contribution is 0.0692. The second kappa shape index (κ2) is 9.26. The molecule has 0 atom stereocenters. The van der Waals surface area contributed by atoms with E-state index >= 15 is 0 Å². The molecular formula is C21H21FN4O5. The third-order valence-corrected chi connectivity index (χ3v) is 4.51. The molecule has 0 aliphatic rings. The number of carboxylic acids is 1. The number of nitrogens with one attached hydrogen (secondary N) is 3. The van der Waals surface area contributed by atoms with E-state index in [1.807, 2.05) is 0 Å². The van der Waals surface area contributed by atoms with Crippen molar-refractivity contribution in [3.05, 3.63) is 63.7 Å². The molecule has 0 fully saturated rings. The number of rotatable bonds is 8. The van der Waals surface area contributed by atoms with Crippen LogP contribution in [0, 0.1) is 5.82 Å². The Morgan fingerprint density at radius 1 is 1.19 bits per heavy atom. The summed E-state index contributed by atoms with van der Waals surface area (Å²) in [6, 6.07) is 7.74. The second-order valence-electron chi connectivity index (χ2n) is 6.64. The van der Waals surface area contributed by atoms with Gasteiger partial charge in [-0.2, -0.15) is 0 Å². The van der Waals surface area contributed by atoms with Crippen molar-refractivity contribution in [2.45, 2.75) is 6.42 Å². The van der Waals surface area contributed by atoms with E-state index in [-0.39, 0.29) is 29.2 Å². The van der Waals surface area contributed by atoms with Crippen molar-refractivity contribution in [1.82, 2.24) is 4.98 Å². The third kappa shape index (κ3) is 4.81. The number of amides is 1. The van der Waals surface area contributed by atoms with Crippen LogP contribution in [0.15, 0.2) is 41.2 Å². The molecule has 0 bridgehead atoms. The van der Waals surface area contributed by atoms with E-state index < -0.39 is 23.3 Å². The molecule has 3 aromatic rings. The number of pyridine rings is 1. The van der Waals surface area contributed by atoms with Crippen molar-refractivity contribution in [1.29, 1.82) is 0 Å². The predicted octanol–water partition coefficient (Wildman–Crippen LogP) is 2.39. The van der Waals surface area contributed by atoms with Crippen LogP contribution in [-0.2, 0) is 0 Å². The molecule has 10 heteroatoms. The van der Waals surface area contributed by atoms with Gasteiger partial charge in [-0.1, -0.05) is 0 Å². The topological polar surface area (TPSA) is 147 Å². The number of aromatic nitrogens is 1.